The van der Waals surface area contributed by atoms with Crippen LogP contribution in [0.1, 0.15) is 125 Å². The van der Waals surface area contributed by atoms with Crippen LogP contribution < -0.4 is 10.9 Å². The third-order valence-electron chi connectivity index (χ3n) is 6.48. The molecule has 34 heavy (non-hydrogen) atoms. The molecular weight excluding hydrogens is 432 g/mol. The normalized spacial score (nSPS) is 20.6. The fourth-order valence-corrected chi connectivity index (χ4v) is 4.58. The molecule has 1 aliphatic carbocycles. The second-order valence-corrected chi connectivity index (χ2v) is 11.4. The fourth-order valence-electron chi connectivity index (χ4n) is 4.58. The molecule has 2 N–H and O–H groups in total. The van der Waals surface area contributed by atoms with Crippen molar-refractivity contribution in [3.8, 4) is 0 Å². The molecule has 1 aliphatic rings. The van der Waals surface area contributed by atoms with E-state index in [0.717, 1.165) is 57.8 Å². The lowest BCUT2D eigenvalue weighted by atomic mass is 9.75. The van der Waals surface area contributed by atoms with Crippen molar-refractivity contribution in [1.29, 1.82) is 0 Å². The highest BCUT2D eigenvalue weighted by molar-refractivity contribution is 5.79. The lowest BCUT2D eigenvalue weighted by Crippen LogP contribution is -2.44. The van der Waals surface area contributed by atoms with Crippen molar-refractivity contribution in [3.63, 3.8) is 0 Å². The van der Waals surface area contributed by atoms with Gasteiger partial charge in [-0.05, 0) is 64.2 Å². The Morgan fingerprint density at radius 2 is 1.41 bits per heavy atom. The quantitative estimate of drug-likeness (QED) is 0.179. The molecule has 198 valence electrons. The molecule has 7 heteroatoms. The number of carbonyl (C=O) groups is 3. The van der Waals surface area contributed by atoms with Gasteiger partial charge in [-0.1, -0.05) is 65.7 Å². The van der Waals surface area contributed by atoms with Gasteiger partial charge in [-0.3, -0.25) is 15.0 Å². The Morgan fingerprint density at radius 1 is 0.853 bits per heavy atom. The van der Waals surface area contributed by atoms with Gasteiger partial charge in [0.15, 0.2) is 0 Å². The van der Waals surface area contributed by atoms with E-state index in [1.807, 2.05) is 0 Å². The summed E-state index contributed by atoms with van der Waals surface area (Å²) in [6.45, 7) is 12.0. The largest absolute Gasteiger partial charge is 0.462 e. The van der Waals surface area contributed by atoms with Crippen molar-refractivity contribution >= 4 is 18.0 Å². The molecule has 1 saturated carbocycles. The monoisotopic (exact) mass is 482 g/mol. The first-order valence-electron chi connectivity index (χ1n) is 13.4. The van der Waals surface area contributed by atoms with Crippen LogP contribution in [0.2, 0.25) is 0 Å². The standard InChI is InChI=1S/C27H50N2O5/c1-20(2)22-18-17-21(3)19-23(22)33-25(31)16-14-12-10-8-7-9-11-13-15-24(30)28-29-26(32)34-27(4,5)6/h20-23H,7-19H2,1-6H3,(H,28,30)(H,29,32)/t21-,22+,23-/m1/s1. The van der Waals surface area contributed by atoms with Crippen LogP contribution in [0.15, 0.2) is 0 Å². The first-order valence-corrected chi connectivity index (χ1v) is 13.4. The zero-order chi connectivity index (χ0) is 25.6. The van der Waals surface area contributed by atoms with Crippen LogP contribution in [0.25, 0.3) is 0 Å². The maximum atomic E-state index is 12.3. The number of hydrazine groups is 1. The van der Waals surface area contributed by atoms with Gasteiger partial charge in [0, 0.05) is 12.8 Å². The summed E-state index contributed by atoms with van der Waals surface area (Å²) in [6.07, 6.45) is 12.0. The highest BCUT2D eigenvalue weighted by Crippen LogP contribution is 2.35. The van der Waals surface area contributed by atoms with E-state index >= 15 is 0 Å². The molecule has 3 atom stereocenters. The number of carbonyl (C=O) groups excluding carboxylic acids is 3. The number of ether oxygens (including phenoxy) is 2. The molecule has 0 aromatic carbocycles. The Labute approximate surface area is 207 Å². The van der Waals surface area contributed by atoms with Gasteiger partial charge in [-0.25, -0.2) is 10.2 Å². The van der Waals surface area contributed by atoms with Crippen LogP contribution in [0.4, 0.5) is 4.79 Å². The molecule has 1 fully saturated rings. The van der Waals surface area contributed by atoms with Gasteiger partial charge in [0.2, 0.25) is 5.91 Å². The van der Waals surface area contributed by atoms with Crippen molar-refractivity contribution in [2.24, 2.45) is 17.8 Å². The second-order valence-electron chi connectivity index (χ2n) is 11.4. The van der Waals surface area contributed by atoms with Gasteiger partial charge < -0.3 is 9.47 Å². The summed E-state index contributed by atoms with van der Waals surface area (Å²) in [4.78, 5) is 35.5. The van der Waals surface area contributed by atoms with E-state index < -0.39 is 11.7 Å². The van der Waals surface area contributed by atoms with E-state index in [-0.39, 0.29) is 18.0 Å². The number of nitrogens with one attached hydrogen (secondary N) is 2. The van der Waals surface area contributed by atoms with E-state index in [1.54, 1.807) is 20.8 Å². The Morgan fingerprint density at radius 3 is 1.97 bits per heavy atom. The predicted molar refractivity (Wildman–Crippen MR) is 135 cm³/mol. The summed E-state index contributed by atoms with van der Waals surface area (Å²) in [5.74, 6) is 1.49. The molecule has 0 saturated heterocycles. The molecule has 7 nitrogen and oxygen atoms in total. The topological polar surface area (TPSA) is 93.7 Å². The Bertz CT molecular complexity index is 615. The van der Waals surface area contributed by atoms with E-state index in [9.17, 15) is 14.4 Å². The summed E-state index contributed by atoms with van der Waals surface area (Å²) < 4.78 is 10.9. The average molecular weight is 483 g/mol. The van der Waals surface area contributed by atoms with Crippen molar-refractivity contribution in [1.82, 2.24) is 10.9 Å². The molecule has 0 aliphatic heterocycles. The Kier molecular flexibility index (Phi) is 14.2. The van der Waals surface area contributed by atoms with Crippen molar-refractivity contribution in [2.75, 3.05) is 0 Å². The summed E-state index contributed by atoms with van der Waals surface area (Å²) in [5.41, 5.74) is 4.04. The van der Waals surface area contributed by atoms with Crippen LogP contribution in [0.3, 0.4) is 0 Å². The SMILES string of the molecule is CC(C)[C@@H]1CC[C@@H](C)C[C@H]1OC(=O)CCCCCCCCCCC(=O)NNC(=O)OC(C)(C)C. The molecule has 0 aromatic rings. The van der Waals surface area contributed by atoms with E-state index in [4.69, 9.17) is 9.47 Å². The molecule has 2 amide bonds. The van der Waals surface area contributed by atoms with Crippen LogP contribution >= 0.6 is 0 Å². The van der Waals surface area contributed by atoms with Gasteiger partial charge in [-0.2, -0.15) is 0 Å². The number of hydrogen-bond donors (Lipinski definition) is 2. The third-order valence-corrected chi connectivity index (χ3v) is 6.48. The molecule has 0 bridgehead atoms. The molecule has 0 heterocycles. The second kappa shape index (κ2) is 16.0. The smallest absolute Gasteiger partial charge is 0.426 e. The van der Waals surface area contributed by atoms with Crippen LogP contribution in [0, 0.1) is 17.8 Å². The zero-order valence-electron chi connectivity index (χ0n) is 22.5. The average Bonchev–Trinajstić information content (AvgIpc) is 2.72. The molecule has 1 rings (SSSR count). The summed E-state index contributed by atoms with van der Waals surface area (Å²) in [6, 6.07) is 0. The number of rotatable bonds is 13. The molecule has 0 radical (unpaired) electrons. The minimum absolute atomic E-state index is 0.0239. The number of amides is 2. The minimum atomic E-state index is -0.655. The number of esters is 1. The number of hydrogen-bond acceptors (Lipinski definition) is 5. The van der Waals surface area contributed by atoms with E-state index in [0.29, 0.717) is 30.6 Å². The summed E-state index contributed by atoms with van der Waals surface area (Å²) in [7, 11) is 0. The van der Waals surface area contributed by atoms with E-state index in [2.05, 4.69) is 31.6 Å². The molecular formula is C27H50N2O5. The van der Waals surface area contributed by atoms with Crippen LogP contribution in [-0.2, 0) is 19.1 Å². The first kappa shape index (κ1) is 30.2. The molecule has 0 aromatic heterocycles. The first-order chi connectivity index (χ1) is 16.0. The van der Waals surface area contributed by atoms with Crippen molar-refractivity contribution < 1.29 is 23.9 Å². The Hall–Kier alpha value is -1.79. The van der Waals surface area contributed by atoms with Gasteiger partial charge in [0.25, 0.3) is 0 Å². The molecule has 0 unspecified atom stereocenters. The lowest BCUT2D eigenvalue weighted by Gasteiger charge is -2.36. The van der Waals surface area contributed by atoms with Crippen molar-refractivity contribution in [3.05, 3.63) is 0 Å². The lowest BCUT2D eigenvalue weighted by molar-refractivity contribution is -0.156. The zero-order valence-corrected chi connectivity index (χ0v) is 22.5. The minimum Gasteiger partial charge on any atom is -0.462 e. The maximum absolute atomic E-state index is 12.3. The molecule has 0 spiro atoms. The van der Waals surface area contributed by atoms with Crippen LogP contribution in [-0.4, -0.2) is 29.7 Å². The summed E-state index contributed by atoms with van der Waals surface area (Å²) in [5, 5.41) is 0. The third kappa shape index (κ3) is 14.5. The highest BCUT2D eigenvalue weighted by atomic mass is 16.6. The van der Waals surface area contributed by atoms with Gasteiger partial charge in [0.1, 0.15) is 11.7 Å². The van der Waals surface area contributed by atoms with Crippen LogP contribution in [0.5, 0.6) is 0 Å². The van der Waals surface area contributed by atoms with Gasteiger partial charge >= 0.3 is 12.1 Å². The van der Waals surface area contributed by atoms with Gasteiger partial charge in [0.05, 0.1) is 0 Å². The van der Waals surface area contributed by atoms with Crippen molar-refractivity contribution in [2.45, 2.75) is 137 Å². The Balaban J connectivity index is 1.98. The predicted octanol–water partition coefficient (Wildman–Crippen LogP) is 6.45. The fraction of sp³-hybridized carbons (Fsp3) is 0.889. The number of unbranched alkanes of at least 4 members (excludes halogenated alkanes) is 7. The maximum Gasteiger partial charge on any atom is 0.426 e. The summed E-state index contributed by atoms with van der Waals surface area (Å²) >= 11 is 0. The van der Waals surface area contributed by atoms with Gasteiger partial charge in [-0.15, -0.1) is 0 Å². The van der Waals surface area contributed by atoms with E-state index in [1.165, 1.54) is 12.8 Å². The highest BCUT2D eigenvalue weighted by Gasteiger charge is 2.33.